The van der Waals surface area contributed by atoms with Crippen molar-refractivity contribution in [2.24, 2.45) is 0 Å². The maximum Gasteiger partial charge on any atom is 0.131 e. The fourth-order valence-electron chi connectivity index (χ4n) is 2.17. The van der Waals surface area contributed by atoms with Gasteiger partial charge in [0.25, 0.3) is 0 Å². The summed E-state index contributed by atoms with van der Waals surface area (Å²) in [5.74, 6) is -0.184. The molecular weight excluding hydrogens is 213 g/mol. The van der Waals surface area contributed by atoms with Gasteiger partial charge >= 0.3 is 0 Å². The molecule has 0 unspecified atom stereocenters. The van der Waals surface area contributed by atoms with Gasteiger partial charge in [-0.2, -0.15) is 0 Å². The topological polar surface area (TPSA) is 26.0 Å². The molecule has 2 rings (SSSR count). The Morgan fingerprint density at radius 2 is 1.65 bits per heavy atom. The molecule has 2 N–H and O–H groups in total. The second kappa shape index (κ2) is 4.21. The Labute approximate surface area is 101 Å². The van der Waals surface area contributed by atoms with Crippen molar-refractivity contribution >= 4 is 5.69 Å². The third kappa shape index (κ3) is 2.16. The lowest BCUT2D eigenvalue weighted by Gasteiger charge is -2.12. The molecule has 0 aliphatic rings. The first-order valence-corrected chi connectivity index (χ1v) is 5.62. The number of aryl methyl sites for hydroxylation is 3. The van der Waals surface area contributed by atoms with Gasteiger partial charge in [-0.3, -0.25) is 0 Å². The van der Waals surface area contributed by atoms with Crippen LogP contribution in [-0.2, 0) is 0 Å². The summed E-state index contributed by atoms with van der Waals surface area (Å²) in [5, 5.41) is 0. The summed E-state index contributed by atoms with van der Waals surface area (Å²) < 4.78 is 14.1. The number of hydrogen-bond donors (Lipinski definition) is 1. The maximum atomic E-state index is 14.1. The third-order valence-electron chi connectivity index (χ3n) is 2.96. The van der Waals surface area contributed by atoms with Gasteiger partial charge in [-0.05, 0) is 61.2 Å². The lowest BCUT2D eigenvalue weighted by molar-refractivity contribution is 0.629. The zero-order valence-corrected chi connectivity index (χ0v) is 10.3. The molecule has 0 bridgehead atoms. The fraction of sp³-hybridized carbons (Fsp3) is 0.200. The van der Waals surface area contributed by atoms with Gasteiger partial charge in [-0.1, -0.05) is 12.1 Å². The lowest BCUT2D eigenvalue weighted by atomic mass is 9.94. The highest BCUT2D eigenvalue weighted by Gasteiger charge is 2.11. The van der Waals surface area contributed by atoms with Gasteiger partial charge < -0.3 is 5.73 Å². The Kier molecular flexibility index (Phi) is 2.88. The molecule has 0 spiro atoms. The number of nitrogens with two attached hydrogens (primary N) is 1. The van der Waals surface area contributed by atoms with Crippen LogP contribution in [0.5, 0.6) is 0 Å². The molecule has 0 saturated carbocycles. The smallest absolute Gasteiger partial charge is 0.131 e. The zero-order chi connectivity index (χ0) is 12.6. The van der Waals surface area contributed by atoms with Crippen molar-refractivity contribution in [2.75, 3.05) is 5.73 Å². The maximum absolute atomic E-state index is 14.1. The minimum absolute atomic E-state index is 0.184. The summed E-state index contributed by atoms with van der Waals surface area (Å²) in [4.78, 5) is 0. The molecule has 0 fully saturated rings. The predicted octanol–water partition coefficient (Wildman–Crippen LogP) is 4.00. The molecular formula is C15H16FN. The van der Waals surface area contributed by atoms with E-state index in [0.717, 1.165) is 22.3 Å². The van der Waals surface area contributed by atoms with Gasteiger partial charge in [0.2, 0.25) is 0 Å². The molecule has 0 heterocycles. The zero-order valence-electron chi connectivity index (χ0n) is 10.3. The van der Waals surface area contributed by atoms with Gasteiger partial charge in [0.1, 0.15) is 5.82 Å². The minimum Gasteiger partial charge on any atom is -0.399 e. The van der Waals surface area contributed by atoms with E-state index in [-0.39, 0.29) is 5.82 Å². The van der Waals surface area contributed by atoms with E-state index in [1.807, 2.05) is 45.0 Å². The van der Waals surface area contributed by atoms with Crippen LogP contribution < -0.4 is 5.73 Å². The summed E-state index contributed by atoms with van der Waals surface area (Å²) >= 11 is 0. The van der Waals surface area contributed by atoms with Crippen molar-refractivity contribution in [2.45, 2.75) is 20.8 Å². The Hall–Kier alpha value is -1.83. The van der Waals surface area contributed by atoms with Crippen LogP contribution in [0.2, 0.25) is 0 Å². The van der Waals surface area contributed by atoms with Crippen molar-refractivity contribution < 1.29 is 4.39 Å². The molecule has 0 saturated heterocycles. The molecule has 0 aliphatic carbocycles. The first kappa shape index (κ1) is 11.6. The Balaban J connectivity index is 2.72. The number of halogens is 1. The van der Waals surface area contributed by atoms with Gasteiger partial charge in [0.05, 0.1) is 0 Å². The van der Waals surface area contributed by atoms with E-state index in [9.17, 15) is 4.39 Å². The SMILES string of the molecule is Cc1cc(C)c(-c2cc(N)ccc2C)c(F)c1. The van der Waals surface area contributed by atoms with E-state index in [2.05, 4.69) is 0 Å². The molecule has 2 heteroatoms. The first-order chi connectivity index (χ1) is 7.99. The van der Waals surface area contributed by atoms with Crippen molar-refractivity contribution in [3.05, 3.63) is 52.8 Å². The largest absolute Gasteiger partial charge is 0.399 e. The molecule has 17 heavy (non-hydrogen) atoms. The molecule has 2 aromatic rings. The van der Waals surface area contributed by atoms with Crippen LogP contribution in [0.1, 0.15) is 16.7 Å². The highest BCUT2D eigenvalue weighted by molar-refractivity contribution is 5.74. The summed E-state index contributed by atoms with van der Waals surface area (Å²) in [7, 11) is 0. The second-order valence-corrected chi connectivity index (χ2v) is 4.51. The molecule has 88 valence electrons. The Morgan fingerprint density at radius 1 is 0.941 bits per heavy atom. The summed E-state index contributed by atoms with van der Waals surface area (Å²) in [6, 6.07) is 9.13. The number of rotatable bonds is 1. The summed E-state index contributed by atoms with van der Waals surface area (Å²) in [5.41, 5.74) is 10.9. The molecule has 2 aromatic carbocycles. The summed E-state index contributed by atoms with van der Waals surface area (Å²) in [6.07, 6.45) is 0. The van der Waals surface area contributed by atoms with Gasteiger partial charge in [0.15, 0.2) is 0 Å². The van der Waals surface area contributed by atoms with E-state index >= 15 is 0 Å². The van der Waals surface area contributed by atoms with Gasteiger partial charge in [-0.15, -0.1) is 0 Å². The number of anilines is 1. The molecule has 0 aliphatic heterocycles. The number of benzene rings is 2. The van der Waals surface area contributed by atoms with E-state index in [1.54, 1.807) is 6.07 Å². The highest BCUT2D eigenvalue weighted by atomic mass is 19.1. The van der Waals surface area contributed by atoms with E-state index in [0.29, 0.717) is 11.3 Å². The van der Waals surface area contributed by atoms with Gasteiger partial charge in [0, 0.05) is 11.3 Å². The van der Waals surface area contributed by atoms with Gasteiger partial charge in [-0.25, -0.2) is 4.39 Å². The second-order valence-electron chi connectivity index (χ2n) is 4.51. The average Bonchev–Trinajstić information content (AvgIpc) is 2.21. The quantitative estimate of drug-likeness (QED) is 0.735. The fourth-order valence-corrected chi connectivity index (χ4v) is 2.17. The Morgan fingerprint density at radius 3 is 2.29 bits per heavy atom. The Bertz CT molecular complexity index is 550. The van der Waals surface area contributed by atoms with Crippen LogP contribution in [-0.4, -0.2) is 0 Å². The van der Waals surface area contributed by atoms with E-state index < -0.39 is 0 Å². The molecule has 0 atom stereocenters. The van der Waals surface area contributed by atoms with Crippen molar-refractivity contribution in [3.63, 3.8) is 0 Å². The lowest BCUT2D eigenvalue weighted by Crippen LogP contribution is -1.95. The van der Waals surface area contributed by atoms with Crippen molar-refractivity contribution in [3.8, 4) is 11.1 Å². The van der Waals surface area contributed by atoms with Crippen LogP contribution in [0.25, 0.3) is 11.1 Å². The summed E-state index contributed by atoms with van der Waals surface area (Å²) in [6.45, 7) is 5.79. The van der Waals surface area contributed by atoms with Crippen LogP contribution in [0, 0.1) is 26.6 Å². The standard InChI is InChI=1S/C15H16FN/c1-9-6-11(3)15(14(16)7-9)13-8-12(17)5-4-10(13)2/h4-8H,17H2,1-3H3. The highest BCUT2D eigenvalue weighted by Crippen LogP contribution is 2.31. The normalized spacial score (nSPS) is 10.6. The van der Waals surface area contributed by atoms with Crippen LogP contribution in [0.3, 0.4) is 0 Å². The average molecular weight is 229 g/mol. The number of hydrogen-bond acceptors (Lipinski definition) is 1. The van der Waals surface area contributed by atoms with Crippen LogP contribution in [0.4, 0.5) is 10.1 Å². The first-order valence-electron chi connectivity index (χ1n) is 5.62. The molecule has 0 amide bonds. The van der Waals surface area contributed by atoms with Crippen LogP contribution in [0.15, 0.2) is 30.3 Å². The van der Waals surface area contributed by atoms with Crippen LogP contribution >= 0.6 is 0 Å². The van der Waals surface area contributed by atoms with Crippen molar-refractivity contribution in [1.29, 1.82) is 0 Å². The number of nitrogen functional groups attached to an aromatic ring is 1. The minimum atomic E-state index is -0.184. The molecule has 0 aromatic heterocycles. The third-order valence-corrected chi connectivity index (χ3v) is 2.96. The van der Waals surface area contributed by atoms with Crippen molar-refractivity contribution in [1.82, 2.24) is 0 Å². The molecule has 1 nitrogen and oxygen atoms in total. The predicted molar refractivity (Wildman–Crippen MR) is 70.5 cm³/mol. The van der Waals surface area contributed by atoms with E-state index in [4.69, 9.17) is 5.73 Å². The van der Waals surface area contributed by atoms with E-state index in [1.165, 1.54) is 0 Å². The molecule has 0 radical (unpaired) electrons. The monoisotopic (exact) mass is 229 g/mol.